The quantitative estimate of drug-likeness (QED) is 0.646. The first-order valence-corrected chi connectivity index (χ1v) is 12.1. The van der Waals surface area contributed by atoms with Gasteiger partial charge in [0.25, 0.3) is 0 Å². The zero-order chi connectivity index (χ0) is 19.1. The van der Waals surface area contributed by atoms with E-state index >= 15 is 0 Å². The molecule has 9 heteroatoms. The second kappa shape index (κ2) is 7.06. The molecule has 4 heterocycles. The Kier molecular flexibility index (Phi) is 4.53. The third-order valence-corrected chi connectivity index (χ3v) is 7.81. The first-order valence-electron chi connectivity index (χ1n) is 9.40. The molecule has 1 fully saturated rings. The molecule has 0 spiro atoms. The van der Waals surface area contributed by atoms with Crippen LogP contribution in [0, 0.1) is 0 Å². The van der Waals surface area contributed by atoms with Crippen LogP contribution >= 0.6 is 11.3 Å². The number of anilines is 1. The molecule has 2 aliphatic rings. The molecule has 0 saturated carbocycles. The molecule has 146 valence electrons. The molecule has 0 amide bonds. The van der Waals surface area contributed by atoms with Crippen molar-refractivity contribution in [1.29, 1.82) is 0 Å². The lowest BCUT2D eigenvalue weighted by Crippen LogP contribution is -2.46. The van der Waals surface area contributed by atoms with E-state index in [0.717, 1.165) is 55.4 Å². The zero-order valence-corrected chi connectivity index (χ0v) is 17.0. The summed E-state index contributed by atoms with van der Waals surface area (Å²) in [4.78, 5) is 18.2. The van der Waals surface area contributed by atoms with Gasteiger partial charge in [0.1, 0.15) is 0 Å². The van der Waals surface area contributed by atoms with Crippen LogP contribution in [-0.4, -0.2) is 60.2 Å². The van der Waals surface area contributed by atoms with Crippen LogP contribution < -0.4 is 4.90 Å². The molecule has 2 aromatic heterocycles. The van der Waals surface area contributed by atoms with E-state index in [9.17, 15) is 8.42 Å². The Morgan fingerprint density at radius 3 is 2.82 bits per heavy atom. The first-order chi connectivity index (χ1) is 13.6. The van der Waals surface area contributed by atoms with Gasteiger partial charge >= 0.3 is 0 Å². The lowest BCUT2D eigenvalue weighted by atomic mass is 10.2. The number of thiazole rings is 1. The zero-order valence-electron chi connectivity index (χ0n) is 15.4. The number of hydrogen-bond donors (Lipinski definition) is 0. The van der Waals surface area contributed by atoms with E-state index in [-0.39, 0.29) is 11.5 Å². The molecule has 0 N–H and O–H groups in total. The summed E-state index contributed by atoms with van der Waals surface area (Å²) in [7, 11) is -2.99. The van der Waals surface area contributed by atoms with E-state index in [0.29, 0.717) is 6.42 Å². The summed E-state index contributed by atoms with van der Waals surface area (Å²) in [6.07, 6.45) is 2.19. The maximum atomic E-state index is 11.8. The van der Waals surface area contributed by atoms with Crippen molar-refractivity contribution in [1.82, 2.24) is 19.9 Å². The van der Waals surface area contributed by atoms with Crippen LogP contribution in [0.25, 0.3) is 10.2 Å². The normalized spacial score (nSPS) is 19.6. The fourth-order valence-corrected chi connectivity index (χ4v) is 5.87. The number of aryl methyl sites for hydroxylation is 1. The third-order valence-electron chi connectivity index (χ3n) is 5.42. The van der Waals surface area contributed by atoms with Gasteiger partial charge in [-0.1, -0.05) is 6.07 Å². The van der Waals surface area contributed by atoms with Crippen molar-refractivity contribution >= 4 is 37.3 Å². The van der Waals surface area contributed by atoms with Crippen molar-refractivity contribution in [2.45, 2.75) is 18.7 Å². The van der Waals surface area contributed by atoms with Crippen molar-refractivity contribution in [3.63, 3.8) is 0 Å². The molecule has 2 aliphatic heterocycles. The van der Waals surface area contributed by atoms with Gasteiger partial charge in [0.2, 0.25) is 5.95 Å². The van der Waals surface area contributed by atoms with Gasteiger partial charge in [-0.05, 0) is 17.7 Å². The summed E-state index contributed by atoms with van der Waals surface area (Å²) in [6.45, 7) is 4.56. The Balaban J connectivity index is 1.23. The van der Waals surface area contributed by atoms with Gasteiger partial charge < -0.3 is 4.90 Å². The molecule has 1 saturated heterocycles. The molecule has 3 aromatic rings. The summed E-state index contributed by atoms with van der Waals surface area (Å²) in [5, 5.41) is 0. The van der Waals surface area contributed by atoms with Crippen molar-refractivity contribution in [3.8, 4) is 0 Å². The number of fused-ring (bicyclic) bond motifs is 2. The Morgan fingerprint density at radius 2 is 1.96 bits per heavy atom. The van der Waals surface area contributed by atoms with Crippen LogP contribution in [0.5, 0.6) is 0 Å². The standard InChI is InChI=1S/C19H21N5O2S2/c25-28(26)8-3-16-15(12-28)10-20-19(22-16)24-6-4-23(5-7-24)11-14-1-2-18-17(9-14)21-13-27-18/h1-2,9-10,13H,3-8,11-12H2. The molecular formula is C19H21N5O2S2. The van der Waals surface area contributed by atoms with E-state index in [1.54, 1.807) is 17.5 Å². The Morgan fingerprint density at radius 1 is 1.11 bits per heavy atom. The number of aromatic nitrogens is 3. The predicted octanol–water partition coefficient (Wildman–Crippen LogP) is 1.88. The molecule has 1 aromatic carbocycles. The van der Waals surface area contributed by atoms with E-state index in [4.69, 9.17) is 0 Å². The van der Waals surface area contributed by atoms with Gasteiger partial charge in [-0.3, -0.25) is 4.90 Å². The minimum Gasteiger partial charge on any atom is -0.338 e. The first kappa shape index (κ1) is 18.0. The van der Waals surface area contributed by atoms with Gasteiger partial charge in [0, 0.05) is 50.9 Å². The highest BCUT2D eigenvalue weighted by Crippen LogP contribution is 2.22. The minimum atomic E-state index is -2.99. The van der Waals surface area contributed by atoms with Crippen molar-refractivity contribution in [2.75, 3.05) is 36.8 Å². The number of piperazine rings is 1. The third kappa shape index (κ3) is 3.61. The number of sulfone groups is 1. The van der Waals surface area contributed by atoms with E-state index < -0.39 is 9.84 Å². The molecule has 28 heavy (non-hydrogen) atoms. The fraction of sp³-hybridized carbons (Fsp3) is 0.421. The molecule has 0 bridgehead atoms. The highest BCUT2D eigenvalue weighted by atomic mass is 32.2. The topological polar surface area (TPSA) is 79.3 Å². The van der Waals surface area contributed by atoms with Crippen LogP contribution in [0.3, 0.4) is 0 Å². The Bertz CT molecular complexity index is 1120. The second-order valence-corrected chi connectivity index (χ2v) is 10.5. The molecule has 7 nitrogen and oxygen atoms in total. The van der Waals surface area contributed by atoms with Gasteiger partial charge in [-0.15, -0.1) is 11.3 Å². The summed E-state index contributed by atoms with van der Waals surface area (Å²) >= 11 is 1.67. The van der Waals surface area contributed by atoms with Gasteiger partial charge in [0.05, 0.1) is 32.9 Å². The average molecular weight is 416 g/mol. The highest BCUT2D eigenvalue weighted by Gasteiger charge is 2.25. The van der Waals surface area contributed by atoms with Crippen molar-refractivity contribution < 1.29 is 8.42 Å². The van der Waals surface area contributed by atoms with E-state index in [1.807, 2.05) is 5.51 Å². The SMILES string of the molecule is O=S1(=O)CCc2nc(N3CCN(Cc4ccc5scnc5c4)CC3)ncc2C1. The van der Waals surface area contributed by atoms with E-state index in [1.165, 1.54) is 10.3 Å². The van der Waals surface area contributed by atoms with Crippen molar-refractivity contribution in [2.24, 2.45) is 0 Å². The van der Waals surface area contributed by atoms with Crippen molar-refractivity contribution in [3.05, 3.63) is 46.7 Å². The fourth-order valence-electron chi connectivity index (χ4n) is 3.85. The molecule has 0 aliphatic carbocycles. The van der Waals surface area contributed by atoms with Gasteiger partial charge in [-0.25, -0.2) is 23.4 Å². The number of benzene rings is 1. The maximum Gasteiger partial charge on any atom is 0.225 e. The predicted molar refractivity (Wildman–Crippen MR) is 110 cm³/mol. The van der Waals surface area contributed by atoms with Crippen LogP contribution in [0.2, 0.25) is 0 Å². The molecule has 5 rings (SSSR count). The number of hydrogen-bond acceptors (Lipinski definition) is 8. The van der Waals surface area contributed by atoms with Crippen LogP contribution in [0.1, 0.15) is 16.8 Å². The summed E-state index contributed by atoms with van der Waals surface area (Å²) < 4.78 is 24.8. The minimum absolute atomic E-state index is 0.0692. The lowest BCUT2D eigenvalue weighted by molar-refractivity contribution is 0.248. The van der Waals surface area contributed by atoms with Gasteiger partial charge in [0.15, 0.2) is 9.84 Å². The van der Waals surface area contributed by atoms with Crippen LogP contribution in [0.15, 0.2) is 29.9 Å². The highest BCUT2D eigenvalue weighted by molar-refractivity contribution is 7.90. The number of rotatable bonds is 3. The summed E-state index contributed by atoms with van der Waals surface area (Å²) in [6, 6.07) is 6.52. The van der Waals surface area contributed by atoms with Crippen LogP contribution in [0.4, 0.5) is 5.95 Å². The van der Waals surface area contributed by atoms with Crippen LogP contribution in [-0.2, 0) is 28.6 Å². The second-order valence-electron chi connectivity index (χ2n) is 7.40. The molecule has 0 atom stereocenters. The average Bonchev–Trinajstić information content (AvgIpc) is 3.15. The maximum absolute atomic E-state index is 11.8. The smallest absolute Gasteiger partial charge is 0.225 e. The summed E-state index contributed by atoms with van der Waals surface area (Å²) in [5.74, 6) is 0.981. The summed E-state index contributed by atoms with van der Waals surface area (Å²) in [5.41, 5.74) is 5.90. The Hall–Kier alpha value is -2.10. The Labute approximate surface area is 168 Å². The van der Waals surface area contributed by atoms with Gasteiger partial charge in [-0.2, -0.15) is 0 Å². The molecule has 0 radical (unpaired) electrons. The number of nitrogens with zero attached hydrogens (tertiary/aromatic N) is 5. The molecular weight excluding hydrogens is 394 g/mol. The monoisotopic (exact) mass is 415 g/mol. The molecule has 0 unspecified atom stereocenters. The lowest BCUT2D eigenvalue weighted by Gasteiger charge is -2.35. The van der Waals surface area contributed by atoms with E-state index in [2.05, 4.69) is 43.0 Å². The largest absolute Gasteiger partial charge is 0.338 e.